The van der Waals surface area contributed by atoms with E-state index < -0.39 is 5.79 Å². The Balaban J connectivity index is 1.47. The van der Waals surface area contributed by atoms with Gasteiger partial charge < -0.3 is 14.2 Å². The molecule has 0 spiro atoms. The van der Waals surface area contributed by atoms with Crippen molar-refractivity contribution in [2.45, 2.75) is 103 Å². The van der Waals surface area contributed by atoms with Gasteiger partial charge in [0.2, 0.25) is 0 Å². The van der Waals surface area contributed by atoms with Crippen LogP contribution in [0.4, 0.5) is 0 Å². The standard InChI is InChI=1S/C28H42O5/c1-18-15-20-16-21(30)9-14-27(20,17-32-28(31-4)11-5-6-12-28)23-10-13-26(3)22(25(18)23)7-8-24(26)33-19(2)29/h16,18,22-25H,5-15,17H2,1-4H3/t18?,22-,23+,24?,25-,26-,27+/m0/s1. The molecule has 0 aromatic heterocycles. The van der Waals surface area contributed by atoms with Gasteiger partial charge in [0.15, 0.2) is 11.6 Å². The van der Waals surface area contributed by atoms with Gasteiger partial charge in [-0.2, -0.15) is 0 Å². The van der Waals surface area contributed by atoms with E-state index in [0.717, 1.165) is 64.2 Å². The molecule has 184 valence electrons. The van der Waals surface area contributed by atoms with Crippen molar-refractivity contribution in [2.24, 2.45) is 34.5 Å². The van der Waals surface area contributed by atoms with Gasteiger partial charge in [-0.05, 0) is 81.1 Å². The SMILES string of the molecule is COC1(OC[C@]23CCC(=O)C=C2CC(C)[C@@H]2[C@H]3CC[C@]3(C)C(OC(C)=O)CC[C@@H]23)CCCC1. The minimum Gasteiger partial charge on any atom is -0.462 e. The Kier molecular flexibility index (Phi) is 6.05. The molecule has 0 aliphatic heterocycles. The molecule has 5 rings (SSSR count). The third kappa shape index (κ3) is 3.73. The van der Waals surface area contributed by atoms with Gasteiger partial charge in [0, 0.05) is 44.1 Å². The second kappa shape index (κ2) is 8.48. The topological polar surface area (TPSA) is 61.8 Å². The highest BCUT2D eigenvalue weighted by molar-refractivity contribution is 5.91. The highest BCUT2D eigenvalue weighted by Crippen LogP contribution is 2.67. The molecule has 5 aliphatic rings. The summed E-state index contributed by atoms with van der Waals surface area (Å²) in [5.41, 5.74) is 1.35. The van der Waals surface area contributed by atoms with Gasteiger partial charge in [0.05, 0.1) is 6.61 Å². The molecule has 4 saturated carbocycles. The van der Waals surface area contributed by atoms with Gasteiger partial charge in [-0.1, -0.05) is 19.4 Å². The molecule has 0 amide bonds. The number of carbonyl (C=O) groups excluding carboxylic acids is 2. The second-order valence-corrected chi connectivity index (χ2v) is 12.1. The summed E-state index contributed by atoms with van der Waals surface area (Å²) in [6, 6.07) is 0. The number of esters is 1. The Morgan fingerprint density at radius 2 is 1.85 bits per heavy atom. The normalized spacial score (nSPS) is 43.9. The van der Waals surface area contributed by atoms with Crippen LogP contribution in [-0.2, 0) is 23.8 Å². The van der Waals surface area contributed by atoms with Crippen LogP contribution < -0.4 is 0 Å². The van der Waals surface area contributed by atoms with Crippen molar-refractivity contribution in [3.63, 3.8) is 0 Å². The first kappa shape index (κ1) is 23.5. The minimum absolute atomic E-state index is 0.0421. The summed E-state index contributed by atoms with van der Waals surface area (Å²) in [5, 5.41) is 0. The van der Waals surface area contributed by atoms with Crippen molar-refractivity contribution in [1.29, 1.82) is 0 Å². The van der Waals surface area contributed by atoms with E-state index in [0.29, 0.717) is 36.7 Å². The average molecular weight is 459 g/mol. The highest BCUT2D eigenvalue weighted by atomic mass is 16.7. The Morgan fingerprint density at radius 1 is 1.09 bits per heavy atom. The zero-order valence-electron chi connectivity index (χ0n) is 21.0. The van der Waals surface area contributed by atoms with Crippen LogP contribution in [0.5, 0.6) is 0 Å². The van der Waals surface area contributed by atoms with E-state index >= 15 is 0 Å². The molecule has 0 aromatic carbocycles. The Bertz CT molecular complexity index is 826. The molecule has 33 heavy (non-hydrogen) atoms. The van der Waals surface area contributed by atoms with Crippen molar-refractivity contribution in [3.05, 3.63) is 11.6 Å². The molecule has 0 radical (unpaired) electrons. The minimum atomic E-state index is -0.448. The van der Waals surface area contributed by atoms with E-state index in [9.17, 15) is 9.59 Å². The number of methoxy groups -OCH3 is 1. The van der Waals surface area contributed by atoms with E-state index in [-0.39, 0.29) is 28.7 Å². The van der Waals surface area contributed by atoms with Crippen molar-refractivity contribution >= 4 is 11.8 Å². The molecule has 5 nitrogen and oxygen atoms in total. The first-order chi connectivity index (χ1) is 15.7. The number of fused-ring (bicyclic) bond motifs is 5. The van der Waals surface area contributed by atoms with E-state index in [1.165, 1.54) is 5.57 Å². The first-order valence-corrected chi connectivity index (χ1v) is 13.3. The predicted molar refractivity (Wildman–Crippen MR) is 125 cm³/mol. The van der Waals surface area contributed by atoms with E-state index in [2.05, 4.69) is 13.8 Å². The highest BCUT2D eigenvalue weighted by Gasteiger charge is 2.63. The van der Waals surface area contributed by atoms with Gasteiger partial charge in [-0.3, -0.25) is 9.59 Å². The van der Waals surface area contributed by atoms with Crippen LogP contribution in [0.1, 0.15) is 91.4 Å². The van der Waals surface area contributed by atoms with Crippen molar-refractivity contribution in [3.8, 4) is 0 Å². The first-order valence-electron chi connectivity index (χ1n) is 13.3. The molecule has 0 N–H and O–H groups in total. The van der Waals surface area contributed by atoms with Gasteiger partial charge in [0.1, 0.15) is 6.10 Å². The van der Waals surface area contributed by atoms with Crippen LogP contribution >= 0.6 is 0 Å². The maximum Gasteiger partial charge on any atom is 0.302 e. The molecule has 7 atom stereocenters. The summed E-state index contributed by atoms with van der Waals surface area (Å²) in [4.78, 5) is 24.3. The van der Waals surface area contributed by atoms with Crippen LogP contribution in [0.15, 0.2) is 11.6 Å². The van der Waals surface area contributed by atoms with E-state index in [1.54, 1.807) is 14.0 Å². The fourth-order valence-corrected chi connectivity index (χ4v) is 8.92. The molecule has 0 heterocycles. The summed E-state index contributed by atoms with van der Waals surface area (Å²) in [5.74, 6) is 1.88. The number of rotatable bonds is 5. The monoisotopic (exact) mass is 458 g/mol. The maximum absolute atomic E-state index is 12.5. The molecular formula is C28H42O5. The average Bonchev–Trinajstić information content (AvgIpc) is 3.38. The summed E-state index contributed by atoms with van der Waals surface area (Å²) in [6.07, 6.45) is 13.1. The molecule has 5 aliphatic carbocycles. The second-order valence-electron chi connectivity index (χ2n) is 12.1. The van der Waals surface area contributed by atoms with Crippen molar-refractivity contribution < 1.29 is 23.8 Å². The fourth-order valence-electron chi connectivity index (χ4n) is 8.92. The van der Waals surface area contributed by atoms with Crippen molar-refractivity contribution in [2.75, 3.05) is 13.7 Å². The largest absolute Gasteiger partial charge is 0.462 e. The maximum atomic E-state index is 12.5. The van der Waals surface area contributed by atoms with E-state index in [1.807, 2.05) is 6.08 Å². The van der Waals surface area contributed by atoms with Gasteiger partial charge in [0.25, 0.3) is 0 Å². The van der Waals surface area contributed by atoms with Crippen LogP contribution in [0.25, 0.3) is 0 Å². The lowest BCUT2D eigenvalue weighted by Crippen LogP contribution is -2.57. The third-order valence-electron chi connectivity index (χ3n) is 10.6. The molecule has 0 aromatic rings. The summed E-state index contributed by atoms with van der Waals surface area (Å²) in [6.45, 7) is 6.98. The zero-order chi connectivity index (χ0) is 23.4. The number of hydrogen-bond donors (Lipinski definition) is 0. The molecule has 0 saturated heterocycles. The molecule has 2 unspecified atom stereocenters. The van der Waals surface area contributed by atoms with E-state index in [4.69, 9.17) is 14.2 Å². The molecule has 5 heteroatoms. The molecule has 4 fully saturated rings. The number of ketones is 1. The number of hydrogen-bond acceptors (Lipinski definition) is 5. The molecular weight excluding hydrogens is 416 g/mol. The van der Waals surface area contributed by atoms with Gasteiger partial charge in [-0.25, -0.2) is 0 Å². The van der Waals surface area contributed by atoms with Crippen LogP contribution in [0.3, 0.4) is 0 Å². The quantitative estimate of drug-likeness (QED) is 0.396. The lowest BCUT2D eigenvalue weighted by Gasteiger charge is -2.61. The summed E-state index contributed by atoms with van der Waals surface area (Å²) < 4.78 is 18.5. The van der Waals surface area contributed by atoms with Crippen LogP contribution in [-0.4, -0.2) is 37.4 Å². The fraction of sp³-hybridized carbons (Fsp3) is 0.857. The molecule has 0 bridgehead atoms. The van der Waals surface area contributed by atoms with Gasteiger partial charge in [-0.15, -0.1) is 0 Å². The predicted octanol–water partition coefficient (Wildman–Crippen LogP) is 5.61. The summed E-state index contributed by atoms with van der Waals surface area (Å²) >= 11 is 0. The Morgan fingerprint density at radius 3 is 2.55 bits per heavy atom. The van der Waals surface area contributed by atoms with Crippen LogP contribution in [0.2, 0.25) is 0 Å². The van der Waals surface area contributed by atoms with Gasteiger partial charge >= 0.3 is 5.97 Å². The van der Waals surface area contributed by atoms with Crippen LogP contribution in [0, 0.1) is 34.5 Å². The lowest BCUT2D eigenvalue weighted by atomic mass is 9.45. The van der Waals surface area contributed by atoms with Crippen molar-refractivity contribution in [1.82, 2.24) is 0 Å². The summed E-state index contributed by atoms with van der Waals surface area (Å²) in [7, 11) is 1.79. The number of carbonyl (C=O) groups is 2. The Hall–Kier alpha value is -1.20. The Labute approximate surface area is 199 Å². The number of ether oxygens (including phenoxy) is 3. The lowest BCUT2D eigenvalue weighted by molar-refractivity contribution is -0.241. The zero-order valence-corrected chi connectivity index (χ0v) is 21.0. The smallest absolute Gasteiger partial charge is 0.302 e. The third-order valence-corrected chi connectivity index (χ3v) is 10.6.